The van der Waals surface area contributed by atoms with Crippen molar-refractivity contribution < 1.29 is 32.5 Å². The highest BCUT2D eigenvalue weighted by Gasteiger charge is 2.36. The number of ether oxygens (including phenoxy) is 2. The van der Waals surface area contributed by atoms with Crippen LogP contribution in [0.1, 0.15) is 30.1 Å². The van der Waals surface area contributed by atoms with E-state index in [1.54, 1.807) is 29.1 Å². The fraction of sp³-hybridized carbons (Fsp3) is 0.333. The lowest BCUT2D eigenvalue weighted by Gasteiger charge is -2.37. The van der Waals surface area contributed by atoms with Crippen LogP contribution in [0.3, 0.4) is 0 Å². The average Bonchev–Trinajstić information content (AvgIpc) is 3.26. The molecule has 1 aliphatic heterocycles. The van der Waals surface area contributed by atoms with Crippen molar-refractivity contribution in [3.8, 4) is 17.2 Å². The number of piperidine rings is 1. The van der Waals surface area contributed by atoms with Crippen molar-refractivity contribution in [2.45, 2.75) is 31.9 Å². The van der Waals surface area contributed by atoms with Crippen LogP contribution in [-0.4, -0.2) is 51.8 Å². The molecular weight excluding hydrogens is 451 g/mol. The van der Waals surface area contributed by atoms with E-state index in [4.69, 9.17) is 9.47 Å². The number of aliphatic hydroxyl groups excluding tert-OH is 1. The van der Waals surface area contributed by atoms with E-state index in [0.717, 1.165) is 23.5 Å². The number of hydrogen-bond acceptors (Lipinski definition) is 5. The van der Waals surface area contributed by atoms with Crippen molar-refractivity contribution in [3.63, 3.8) is 0 Å². The normalized spacial score (nSPS) is 17.1. The molecule has 1 aromatic heterocycles. The van der Waals surface area contributed by atoms with Gasteiger partial charge >= 0.3 is 0 Å². The maximum atomic E-state index is 13.8. The molecule has 2 unspecified atom stereocenters. The van der Waals surface area contributed by atoms with Crippen LogP contribution in [0, 0.1) is 24.4 Å². The van der Waals surface area contributed by atoms with Gasteiger partial charge < -0.3 is 24.0 Å². The minimum atomic E-state index is -1.60. The molecule has 7 nitrogen and oxygen atoms in total. The fourth-order valence-corrected chi connectivity index (χ4v) is 4.10. The number of aliphatic hydroxyl groups is 1. The molecule has 4 rings (SSSR count). The molecule has 1 saturated heterocycles. The first-order valence-corrected chi connectivity index (χ1v) is 10.7. The predicted octanol–water partition coefficient (Wildman–Crippen LogP) is 3.71. The molecule has 10 heteroatoms. The lowest BCUT2D eigenvalue weighted by molar-refractivity contribution is -0.146. The van der Waals surface area contributed by atoms with E-state index in [2.05, 4.69) is 4.98 Å². The zero-order chi connectivity index (χ0) is 24.4. The first-order valence-electron chi connectivity index (χ1n) is 10.7. The number of rotatable bonds is 7. The summed E-state index contributed by atoms with van der Waals surface area (Å²) in [4.78, 5) is 18.7. The maximum Gasteiger partial charge on any atom is 0.264 e. The molecule has 2 aromatic carbocycles. The van der Waals surface area contributed by atoms with Gasteiger partial charge in [-0.2, -0.15) is 0 Å². The summed E-state index contributed by atoms with van der Waals surface area (Å²) in [5.41, 5.74) is 1.55. The van der Waals surface area contributed by atoms with Gasteiger partial charge in [0.05, 0.1) is 37.5 Å². The van der Waals surface area contributed by atoms with Gasteiger partial charge in [-0.3, -0.25) is 4.79 Å². The third kappa shape index (κ3) is 4.58. The predicted molar refractivity (Wildman–Crippen MR) is 116 cm³/mol. The molecule has 0 saturated carbocycles. The van der Waals surface area contributed by atoms with Crippen molar-refractivity contribution >= 4 is 5.91 Å². The lowest BCUT2D eigenvalue weighted by Crippen LogP contribution is -2.49. The van der Waals surface area contributed by atoms with Crippen molar-refractivity contribution in [1.82, 2.24) is 14.5 Å². The van der Waals surface area contributed by atoms with Crippen LogP contribution < -0.4 is 9.47 Å². The molecule has 1 aliphatic rings. The Balaban J connectivity index is 1.55. The summed E-state index contributed by atoms with van der Waals surface area (Å²) < 4.78 is 54.1. The number of methoxy groups -OCH3 is 1. The van der Waals surface area contributed by atoms with Crippen molar-refractivity contribution in [2.75, 3.05) is 20.3 Å². The third-order valence-corrected chi connectivity index (χ3v) is 5.78. The van der Waals surface area contributed by atoms with Crippen LogP contribution in [0.4, 0.5) is 13.2 Å². The molecule has 0 radical (unpaired) electrons. The molecule has 2 heterocycles. The molecule has 1 amide bonds. The number of aromatic nitrogens is 2. The third-order valence-electron chi connectivity index (χ3n) is 5.78. The minimum absolute atomic E-state index is 0.0328. The van der Waals surface area contributed by atoms with Crippen LogP contribution in [-0.2, 0) is 4.79 Å². The van der Waals surface area contributed by atoms with Crippen molar-refractivity contribution in [3.05, 3.63) is 71.6 Å². The number of halogens is 3. The summed E-state index contributed by atoms with van der Waals surface area (Å²) >= 11 is 0. The highest BCUT2D eigenvalue weighted by molar-refractivity contribution is 5.82. The van der Waals surface area contributed by atoms with Crippen LogP contribution in [0.15, 0.2) is 42.9 Å². The highest BCUT2D eigenvalue weighted by Crippen LogP contribution is 2.32. The van der Waals surface area contributed by atoms with E-state index < -0.39 is 42.1 Å². The Labute approximate surface area is 194 Å². The molecule has 1 fully saturated rings. The number of amides is 1. The van der Waals surface area contributed by atoms with Gasteiger partial charge in [0.15, 0.2) is 23.6 Å². The molecule has 0 aliphatic carbocycles. The Morgan fingerprint density at radius 2 is 1.94 bits per heavy atom. The number of likely N-dealkylation sites (tertiary alicyclic amines) is 1. The zero-order valence-electron chi connectivity index (χ0n) is 18.7. The Bertz CT molecular complexity index is 1180. The topological polar surface area (TPSA) is 76.8 Å². The summed E-state index contributed by atoms with van der Waals surface area (Å²) in [5.74, 6) is -3.90. The lowest BCUT2D eigenvalue weighted by atomic mass is 10.00. The molecule has 1 N–H and O–H groups in total. The zero-order valence-corrected chi connectivity index (χ0v) is 18.7. The van der Waals surface area contributed by atoms with Gasteiger partial charge in [0, 0.05) is 18.8 Å². The van der Waals surface area contributed by atoms with Crippen LogP contribution >= 0.6 is 0 Å². The number of imidazole rings is 1. The molecule has 180 valence electrons. The van der Waals surface area contributed by atoms with Crippen molar-refractivity contribution in [1.29, 1.82) is 0 Å². The Kier molecular flexibility index (Phi) is 6.78. The van der Waals surface area contributed by atoms with Crippen molar-refractivity contribution in [2.24, 2.45) is 0 Å². The number of aryl methyl sites for hydroxylation is 1. The quantitative estimate of drug-likeness (QED) is 0.528. The number of carbonyl (C=O) groups excluding carboxylic acids is 1. The number of hydrogen-bond donors (Lipinski definition) is 1. The first kappa shape index (κ1) is 23.6. The van der Waals surface area contributed by atoms with Gasteiger partial charge in [-0.1, -0.05) is 0 Å². The second-order valence-corrected chi connectivity index (χ2v) is 8.03. The Morgan fingerprint density at radius 3 is 2.56 bits per heavy atom. The Hall–Kier alpha value is -3.53. The van der Waals surface area contributed by atoms with Gasteiger partial charge in [0.2, 0.25) is 0 Å². The maximum absolute atomic E-state index is 13.8. The summed E-state index contributed by atoms with van der Waals surface area (Å²) in [5, 5.41) is 9.89. The standard InChI is InChI=1S/C24H24F3N3O4/c1-14-11-29(13-28-14)19-6-5-16(10-22(19)33-2)34-21-4-3-7-30(24(21)32)20(12-31)15-8-17(25)23(27)18(26)9-15/h5-6,8-11,13,20-21,31H,3-4,7,12H2,1-2H3. The largest absolute Gasteiger partial charge is 0.494 e. The number of benzene rings is 2. The smallest absolute Gasteiger partial charge is 0.264 e. The van der Waals surface area contributed by atoms with E-state index in [0.29, 0.717) is 24.3 Å². The highest BCUT2D eigenvalue weighted by atomic mass is 19.2. The van der Waals surface area contributed by atoms with E-state index >= 15 is 0 Å². The van der Waals surface area contributed by atoms with E-state index in [-0.39, 0.29) is 12.1 Å². The van der Waals surface area contributed by atoms with Crippen LogP contribution in [0.25, 0.3) is 5.69 Å². The second-order valence-electron chi connectivity index (χ2n) is 8.03. The van der Waals surface area contributed by atoms with Gasteiger partial charge in [0.1, 0.15) is 11.5 Å². The summed E-state index contributed by atoms with van der Waals surface area (Å²) in [6.07, 6.45) is 3.60. The van der Waals surface area contributed by atoms with Gasteiger partial charge in [-0.05, 0) is 49.6 Å². The van der Waals surface area contributed by atoms with Crippen LogP contribution in [0.2, 0.25) is 0 Å². The summed E-state index contributed by atoms with van der Waals surface area (Å²) in [6.45, 7) is 1.54. The summed E-state index contributed by atoms with van der Waals surface area (Å²) in [7, 11) is 1.52. The van der Waals surface area contributed by atoms with Gasteiger partial charge in [-0.15, -0.1) is 0 Å². The number of nitrogens with zero attached hydrogens (tertiary/aromatic N) is 3. The molecule has 3 aromatic rings. The Morgan fingerprint density at radius 1 is 1.21 bits per heavy atom. The minimum Gasteiger partial charge on any atom is -0.494 e. The van der Waals surface area contributed by atoms with E-state index in [1.165, 1.54) is 12.0 Å². The summed E-state index contributed by atoms with van der Waals surface area (Å²) in [6, 6.07) is 5.68. The van der Waals surface area contributed by atoms with E-state index in [1.807, 2.05) is 13.1 Å². The second kappa shape index (κ2) is 9.76. The first-order chi connectivity index (χ1) is 16.3. The fourth-order valence-electron chi connectivity index (χ4n) is 4.10. The molecule has 0 spiro atoms. The SMILES string of the molecule is COc1cc(OC2CCCN(C(CO)c3cc(F)c(F)c(F)c3)C2=O)ccc1-n1cnc(C)c1. The molecule has 34 heavy (non-hydrogen) atoms. The van der Waals surface area contributed by atoms with E-state index in [9.17, 15) is 23.1 Å². The van der Waals surface area contributed by atoms with Gasteiger partial charge in [-0.25, -0.2) is 18.2 Å². The van der Waals surface area contributed by atoms with Crippen LogP contribution in [0.5, 0.6) is 11.5 Å². The average molecular weight is 475 g/mol. The number of carbonyl (C=O) groups is 1. The molecule has 2 atom stereocenters. The molecule has 0 bridgehead atoms. The van der Waals surface area contributed by atoms with Gasteiger partial charge in [0.25, 0.3) is 5.91 Å². The molecular formula is C24H24F3N3O4. The monoisotopic (exact) mass is 475 g/mol.